The van der Waals surface area contributed by atoms with Gasteiger partial charge in [0.1, 0.15) is 11.3 Å². The first-order valence-corrected chi connectivity index (χ1v) is 19.3. The van der Waals surface area contributed by atoms with E-state index >= 15 is 0 Å². The van der Waals surface area contributed by atoms with Crippen molar-refractivity contribution in [2.24, 2.45) is 24.3 Å². The summed E-state index contributed by atoms with van der Waals surface area (Å²) < 4.78 is 19.3. The van der Waals surface area contributed by atoms with Crippen LogP contribution < -0.4 is 10.9 Å². The van der Waals surface area contributed by atoms with Crippen LogP contribution in [0.5, 0.6) is 5.75 Å². The minimum atomic E-state index is -1.31. The predicted molar refractivity (Wildman–Crippen MR) is 223 cm³/mol. The Hall–Kier alpha value is -4.43. The molecule has 12 nitrogen and oxygen atoms in total. The standard InChI is InChI=1S/C45H64N2O10/c1-11-13-17-25-37-44(6,7)36(50)29-45(56-10,57-37)33(12-2)42(53)46-27-21-20-23-31(4)41(55-9)32(5)40(52)35(49)24-19-16-14-15-18-22-30(3)39(51)38-34(48)26-28-47(8)43(38)54/h11,13-26,28,32-33,35-37,40-41,48-50,52H,12,27,29H2,1-10H3,(H,46,53). The molecule has 0 bridgehead atoms. The van der Waals surface area contributed by atoms with E-state index in [1.807, 2.05) is 65.0 Å². The van der Waals surface area contributed by atoms with Crippen molar-refractivity contribution in [2.45, 2.75) is 97.6 Å². The number of aliphatic hydroxyl groups is 3. The van der Waals surface area contributed by atoms with Gasteiger partial charge in [-0.05, 0) is 44.4 Å². The van der Waals surface area contributed by atoms with E-state index in [0.29, 0.717) is 6.42 Å². The number of amides is 1. The van der Waals surface area contributed by atoms with Crippen molar-refractivity contribution in [2.75, 3.05) is 20.8 Å². The highest BCUT2D eigenvalue weighted by atomic mass is 16.7. The van der Waals surface area contributed by atoms with Crippen LogP contribution in [0.25, 0.3) is 0 Å². The van der Waals surface area contributed by atoms with Crippen molar-refractivity contribution in [3.05, 3.63) is 124 Å². The maximum absolute atomic E-state index is 13.5. The minimum Gasteiger partial charge on any atom is -0.507 e. The smallest absolute Gasteiger partial charge is 0.265 e. The van der Waals surface area contributed by atoms with Crippen LogP contribution in [0.2, 0.25) is 0 Å². The van der Waals surface area contributed by atoms with E-state index in [2.05, 4.69) is 5.32 Å². The average molecular weight is 793 g/mol. The van der Waals surface area contributed by atoms with Crippen LogP contribution in [0, 0.1) is 17.3 Å². The number of aromatic hydroxyl groups is 1. The summed E-state index contributed by atoms with van der Waals surface area (Å²) in [5.74, 6) is -3.68. The molecular formula is C45H64N2O10. The van der Waals surface area contributed by atoms with Crippen molar-refractivity contribution in [1.29, 1.82) is 0 Å². The topological polar surface area (TPSA) is 177 Å². The molecule has 8 atom stereocenters. The first-order valence-electron chi connectivity index (χ1n) is 19.3. The molecule has 0 saturated carbocycles. The van der Waals surface area contributed by atoms with Gasteiger partial charge in [0.25, 0.3) is 5.56 Å². The first kappa shape index (κ1) is 48.7. The number of hydrogen-bond acceptors (Lipinski definition) is 10. The number of carbonyl (C=O) groups is 2. The van der Waals surface area contributed by atoms with Crippen LogP contribution >= 0.6 is 0 Å². The molecule has 1 aromatic heterocycles. The highest BCUT2D eigenvalue weighted by molar-refractivity contribution is 6.09. The lowest BCUT2D eigenvalue weighted by Gasteiger charge is -2.52. The maximum Gasteiger partial charge on any atom is 0.265 e. The molecule has 1 fully saturated rings. The molecule has 0 spiro atoms. The zero-order chi connectivity index (χ0) is 42.9. The number of rotatable bonds is 20. The van der Waals surface area contributed by atoms with Crippen LogP contribution in [0.4, 0.5) is 0 Å². The van der Waals surface area contributed by atoms with Gasteiger partial charge in [0.15, 0.2) is 11.6 Å². The third-order valence-corrected chi connectivity index (χ3v) is 10.5. The third kappa shape index (κ3) is 13.0. The molecule has 1 amide bonds. The van der Waals surface area contributed by atoms with Crippen LogP contribution in [0.15, 0.2) is 113 Å². The van der Waals surface area contributed by atoms with Crippen molar-refractivity contribution in [3.8, 4) is 5.75 Å². The maximum atomic E-state index is 13.5. The van der Waals surface area contributed by atoms with Crippen LogP contribution in [0.1, 0.15) is 71.7 Å². The highest BCUT2D eigenvalue weighted by Crippen LogP contribution is 2.46. The molecule has 5 N–H and O–H groups in total. The summed E-state index contributed by atoms with van der Waals surface area (Å²) in [7, 11) is 4.52. The molecule has 0 aliphatic carbocycles. The Balaban J connectivity index is 1.98. The molecule has 8 unspecified atom stereocenters. The minimum absolute atomic E-state index is 0.145. The molecule has 2 heterocycles. The predicted octanol–water partition coefficient (Wildman–Crippen LogP) is 5.56. The molecule has 0 aromatic carbocycles. The Bertz CT molecular complexity index is 1800. The summed E-state index contributed by atoms with van der Waals surface area (Å²) >= 11 is 0. The van der Waals surface area contributed by atoms with Gasteiger partial charge >= 0.3 is 0 Å². The molecular weight excluding hydrogens is 728 g/mol. The van der Waals surface area contributed by atoms with Gasteiger partial charge in [-0.25, -0.2) is 0 Å². The van der Waals surface area contributed by atoms with Crippen molar-refractivity contribution in [3.63, 3.8) is 0 Å². The van der Waals surface area contributed by atoms with E-state index < -0.39 is 64.9 Å². The number of aliphatic hydroxyl groups excluding tert-OH is 3. The second kappa shape index (κ2) is 23.1. The van der Waals surface area contributed by atoms with E-state index in [-0.39, 0.29) is 35.8 Å². The molecule has 1 aliphatic rings. The van der Waals surface area contributed by atoms with Crippen LogP contribution in [-0.2, 0) is 26.1 Å². The summed E-state index contributed by atoms with van der Waals surface area (Å²) in [6, 6.07) is 1.29. The van der Waals surface area contributed by atoms with Crippen molar-refractivity contribution < 1.29 is 44.2 Å². The summed E-state index contributed by atoms with van der Waals surface area (Å²) in [4.78, 5) is 38.4. The van der Waals surface area contributed by atoms with Gasteiger partial charge in [-0.1, -0.05) is 113 Å². The fourth-order valence-electron chi connectivity index (χ4n) is 6.66. The van der Waals surface area contributed by atoms with Crippen LogP contribution in [0.3, 0.4) is 0 Å². The van der Waals surface area contributed by atoms with Crippen molar-refractivity contribution in [1.82, 2.24) is 9.88 Å². The number of Topliss-reactive ketones (excluding diaryl/α,β-unsaturated/α-hetero) is 1. The second-order valence-corrected chi connectivity index (χ2v) is 14.9. The normalized spacial score (nSPS) is 23.6. The highest BCUT2D eigenvalue weighted by Gasteiger charge is 2.55. The number of nitrogens with zero attached hydrogens (tertiary/aromatic N) is 1. The van der Waals surface area contributed by atoms with Gasteiger partial charge in [0.2, 0.25) is 5.91 Å². The van der Waals surface area contributed by atoms with Gasteiger partial charge < -0.3 is 44.5 Å². The molecule has 12 heteroatoms. The molecule has 0 radical (unpaired) electrons. The van der Waals surface area contributed by atoms with Crippen LogP contribution in [-0.4, -0.2) is 93.8 Å². The third-order valence-electron chi connectivity index (χ3n) is 10.5. The fourth-order valence-corrected chi connectivity index (χ4v) is 6.66. The van der Waals surface area contributed by atoms with E-state index in [4.69, 9.17) is 14.2 Å². The SMILES string of the molecule is CC=CC=CC1OC(OC)(C(CC)C(=O)NCC=CC=C(C)C(OC)C(C)C(O)C(O)C=CC=CC=CC=C(C)C(=O)c2c(O)ccn(C)c2=O)CC(O)C1(C)C. The van der Waals surface area contributed by atoms with E-state index in [9.17, 15) is 34.8 Å². The summed E-state index contributed by atoms with van der Waals surface area (Å²) in [6.07, 6.45) is 21.9. The Morgan fingerprint density at radius 2 is 1.72 bits per heavy atom. The Kier molecular flexibility index (Phi) is 19.7. The monoisotopic (exact) mass is 792 g/mol. The molecule has 1 saturated heterocycles. The molecule has 314 valence electrons. The first-order chi connectivity index (χ1) is 26.9. The number of aromatic nitrogens is 1. The van der Waals surface area contributed by atoms with E-state index in [1.54, 1.807) is 56.4 Å². The van der Waals surface area contributed by atoms with E-state index in [1.165, 1.54) is 50.2 Å². The second-order valence-electron chi connectivity index (χ2n) is 14.9. The Morgan fingerprint density at radius 3 is 2.35 bits per heavy atom. The van der Waals surface area contributed by atoms with Crippen molar-refractivity contribution >= 4 is 11.7 Å². The number of hydrogen-bond donors (Lipinski definition) is 5. The fraction of sp³-hybridized carbons (Fsp3) is 0.489. The zero-order valence-corrected chi connectivity index (χ0v) is 35.1. The lowest BCUT2D eigenvalue weighted by molar-refractivity contribution is -0.324. The molecule has 1 aromatic rings. The summed E-state index contributed by atoms with van der Waals surface area (Å²) in [6.45, 7) is 13.1. The molecule has 1 aliphatic heterocycles. The number of nitrogens with one attached hydrogen (secondary N) is 1. The zero-order valence-electron chi connectivity index (χ0n) is 35.1. The largest absolute Gasteiger partial charge is 0.507 e. The summed E-state index contributed by atoms with van der Waals surface area (Å²) in [5.41, 5.74) is -0.403. The van der Waals surface area contributed by atoms with Gasteiger partial charge in [-0.3, -0.25) is 14.4 Å². The van der Waals surface area contributed by atoms with Gasteiger partial charge in [-0.15, -0.1) is 0 Å². The number of methoxy groups -OCH3 is 2. The quantitative estimate of drug-likeness (QED) is 0.0639. The average Bonchev–Trinajstić information content (AvgIpc) is 3.17. The number of ether oxygens (including phenoxy) is 3. The van der Waals surface area contributed by atoms with Gasteiger partial charge in [-0.2, -0.15) is 0 Å². The van der Waals surface area contributed by atoms with Gasteiger partial charge in [0, 0.05) is 51.8 Å². The number of allylic oxidation sites excluding steroid dienone is 12. The Labute approximate surface area is 337 Å². The lowest BCUT2D eigenvalue weighted by Crippen LogP contribution is -2.61. The number of pyridine rings is 1. The summed E-state index contributed by atoms with van der Waals surface area (Å²) in [5, 5.41) is 45.7. The molecule has 2 rings (SSSR count). The molecule has 57 heavy (non-hydrogen) atoms. The lowest BCUT2D eigenvalue weighted by atomic mass is 9.72. The number of carbonyl (C=O) groups excluding carboxylic acids is 2. The number of aryl methyl sites for hydroxylation is 1. The van der Waals surface area contributed by atoms with E-state index in [0.717, 1.165) is 5.57 Å². The number of ketones is 1. The van der Waals surface area contributed by atoms with Gasteiger partial charge in [0.05, 0.1) is 36.4 Å². The Morgan fingerprint density at radius 1 is 1.05 bits per heavy atom.